The van der Waals surface area contributed by atoms with Gasteiger partial charge in [-0.05, 0) is 13.8 Å². The van der Waals surface area contributed by atoms with Crippen molar-refractivity contribution in [2.75, 3.05) is 6.61 Å². The molecule has 1 heterocycles. The smallest absolute Gasteiger partial charge is 0.250 e. The van der Waals surface area contributed by atoms with Gasteiger partial charge >= 0.3 is 0 Å². The first-order valence-electron chi connectivity index (χ1n) is 3.81. The van der Waals surface area contributed by atoms with E-state index in [2.05, 4.69) is 5.32 Å². The Kier molecular flexibility index (Phi) is 2.52. The molecule has 1 aliphatic heterocycles. The van der Waals surface area contributed by atoms with Crippen LogP contribution in [-0.2, 0) is 9.53 Å². The van der Waals surface area contributed by atoms with Gasteiger partial charge in [0, 0.05) is 12.5 Å². The highest BCUT2D eigenvalue weighted by atomic mass is 16.5. The molecule has 0 radical (unpaired) electrons. The Morgan fingerprint density at radius 1 is 1.73 bits per heavy atom. The second kappa shape index (κ2) is 3.42. The van der Waals surface area contributed by atoms with Crippen LogP contribution >= 0.6 is 0 Å². The summed E-state index contributed by atoms with van der Waals surface area (Å²) in [5.41, 5.74) is 0.749. The van der Waals surface area contributed by atoms with E-state index in [1.807, 2.05) is 13.8 Å². The molecule has 0 aromatic rings. The summed E-state index contributed by atoms with van der Waals surface area (Å²) >= 11 is 0. The summed E-state index contributed by atoms with van der Waals surface area (Å²) in [7, 11) is 0. The highest BCUT2D eigenvalue weighted by Crippen LogP contribution is 2.09. The molecule has 0 atom stereocenters. The predicted octanol–water partition coefficient (Wildman–Crippen LogP) is 0.815. The van der Waals surface area contributed by atoms with E-state index < -0.39 is 0 Å². The van der Waals surface area contributed by atoms with Gasteiger partial charge in [0.2, 0.25) is 0 Å². The zero-order valence-corrected chi connectivity index (χ0v) is 6.89. The van der Waals surface area contributed by atoms with Crippen LogP contribution in [0.25, 0.3) is 0 Å². The third kappa shape index (κ3) is 2.26. The molecule has 3 heteroatoms. The van der Waals surface area contributed by atoms with Gasteiger partial charge in [0.1, 0.15) is 0 Å². The highest BCUT2D eigenvalue weighted by molar-refractivity contribution is 5.93. The predicted molar refractivity (Wildman–Crippen MR) is 41.9 cm³/mol. The van der Waals surface area contributed by atoms with E-state index in [0.29, 0.717) is 6.61 Å². The summed E-state index contributed by atoms with van der Waals surface area (Å²) in [5, 5.41) is 2.80. The standard InChI is InChI=1S/C8H13NO2/c1-6(2)9-8(10)7-3-4-11-5-7/h5-6H,3-4H2,1-2H3,(H,9,10). The van der Waals surface area contributed by atoms with E-state index in [0.717, 1.165) is 12.0 Å². The fourth-order valence-corrected chi connectivity index (χ4v) is 0.909. The van der Waals surface area contributed by atoms with E-state index in [1.54, 1.807) is 0 Å². The first-order chi connectivity index (χ1) is 5.20. The van der Waals surface area contributed by atoms with Crippen molar-refractivity contribution >= 4 is 5.91 Å². The summed E-state index contributed by atoms with van der Waals surface area (Å²) in [6.45, 7) is 4.52. The lowest BCUT2D eigenvalue weighted by Crippen LogP contribution is -2.30. The van der Waals surface area contributed by atoms with E-state index >= 15 is 0 Å². The number of carbonyl (C=O) groups is 1. The van der Waals surface area contributed by atoms with Crippen LogP contribution in [0.3, 0.4) is 0 Å². The van der Waals surface area contributed by atoms with E-state index in [-0.39, 0.29) is 11.9 Å². The van der Waals surface area contributed by atoms with Gasteiger partial charge in [-0.1, -0.05) is 0 Å². The largest absolute Gasteiger partial charge is 0.500 e. The number of carbonyl (C=O) groups excluding carboxylic acids is 1. The van der Waals surface area contributed by atoms with Gasteiger partial charge in [-0.3, -0.25) is 4.79 Å². The van der Waals surface area contributed by atoms with Crippen LogP contribution in [0.1, 0.15) is 20.3 Å². The van der Waals surface area contributed by atoms with Gasteiger partial charge in [-0.2, -0.15) is 0 Å². The molecule has 0 aromatic carbocycles. The Labute approximate surface area is 66.4 Å². The lowest BCUT2D eigenvalue weighted by molar-refractivity contribution is -0.118. The third-order valence-corrected chi connectivity index (χ3v) is 1.43. The average Bonchev–Trinajstić information content (AvgIpc) is 2.35. The summed E-state index contributed by atoms with van der Waals surface area (Å²) in [6, 6.07) is 0.198. The molecule has 0 spiro atoms. The minimum absolute atomic E-state index is 0.00231. The Morgan fingerprint density at radius 3 is 2.91 bits per heavy atom. The molecular formula is C8H13NO2. The number of ether oxygens (including phenoxy) is 1. The molecule has 1 amide bonds. The molecule has 3 nitrogen and oxygen atoms in total. The Morgan fingerprint density at radius 2 is 2.45 bits per heavy atom. The summed E-state index contributed by atoms with van der Waals surface area (Å²) in [4.78, 5) is 11.2. The molecule has 0 saturated heterocycles. The first kappa shape index (κ1) is 8.11. The van der Waals surface area contributed by atoms with Gasteiger partial charge in [0.05, 0.1) is 18.4 Å². The van der Waals surface area contributed by atoms with Gasteiger partial charge in [0.15, 0.2) is 0 Å². The monoisotopic (exact) mass is 155 g/mol. The van der Waals surface area contributed by atoms with Gasteiger partial charge < -0.3 is 10.1 Å². The second-order valence-corrected chi connectivity index (χ2v) is 2.89. The van der Waals surface area contributed by atoms with Crippen molar-refractivity contribution in [1.29, 1.82) is 0 Å². The Hall–Kier alpha value is -0.990. The minimum atomic E-state index is -0.00231. The molecule has 0 unspecified atom stereocenters. The zero-order chi connectivity index (χ0) is 8.27. The number of hydrogen-bond donors (Lipinski definition) is 1. The van der Waals surface area contributed by atoms with Crippen LogP contribution in [0.2, 0.25) is 0 Å². The van der Waals surface area contributed by atoms with Crippen molar-refractivity contribution in [3.05, 3.63) is 11.8 Å². The lowest BCUT2D eigenvalue weighted by Gasteiger charge is -2.06. The quantitative estimate of drug-likeness (QED) is 0.641. The molecule has 0 aromatic heterocycles. The molecule has 62 valence electrons. The number of amides is 1. The van der Waals surface area contributed by atoms with Crippen molar-refractivity contribution in [3.63, 3.8) is 0 Å². The molecule has 0 saturated carbocycles. The Bertz CT molecular complexity index is 185. The molecule has 0 fully saturated rings. The van der Waals surface area contributed by atoms with E-state index in [9.17, 15) is 4.79 Å². The number of nitrogens with one attached hydrogen (secondary N) is 1. The molecule has 1 aliphatic rings. The summed E-state index contributed by atoms with van der Waals surface area (Å²) in [5.74, 6) is -0.00231. The lowest BCUT2D eigenvalue weighted by atomic mass is 10.2. The summed E-state index contributed by atoms with van der Waals surface area (Å²) in [6.07, 6.45) is 2.27. The van der Waals surface area contributed by atoms with Crippen LogP contribution in [0.15, 0.2) is 11.8 Å². The number of rotatable bonds is 2. The molecular weight excluding hydrogens is 142 g/mol. The topological polar surface area (TPSA) is 38.3 Å². The second-order valence-electron chi connectivity index (χ2n) is 2.89. The van der Waals surface area contributed by atoms with Crippen LogP contribution in [0.5, 0.6) is 0 Å². The number of hydrogen-bond acceptors (Lipinski definition) is 2. The minimum Gasteiger partial charge on any atom is -0.500 e. The zero-order valence-electron chi connectivity index (χ0n) is 6.89. The molecule has 1 N–H and O–H groups in total. The van der Waals surface area contributed by atoms with Crippen LogP contribution in [0, 0.1) is 0 Å². The average molecular weight is 155 g/mol. The fraction of sp³-hybridized carbons (Fsp3) is 0.625. The Balaban J connectivity index is 2.41. The normalized spacial score (nSPS) is 16.1. The van der Waals surface area contributed by atoms with Crippen molar-refractivity contribution in [2.24, 2.45) is 0 Å². The van der Waals surface area contributed by atoms with Crippen LogP contribution in [0.4, 0.5) is 0 Å². The summed E-state index contributed by atoms with van der Waals surface area (Å²) < 4.78 is 4.94. The molecule has 0 bridgehead atoms. The van der Waals surface area contributed by atoms with Crippen molar-refractivity contribution in [1.82, 2.24) is 5.32 Å². The van der Waals surface area contributed by atoms with Crippen molar-refractivity contribution in [3.8, 4) is 0 Å². The van der Waals surface area contributed by atoms with Crippen LogP contribution < -0.4 is 5.32 Å². The fourth-order valence-electron chi connectivity index (χ4n) is 0.909. The SMILES string of the molecule is CC(C)NC(=O)C1=COCC1. The first-order valence-corrected chi connectivity index (χ1v) is 3.81. The van der Waals surface area contributed by atoms with Gasteiger partial charge in [-0.15, -0.1) is 0 Å². The van der Waals surface area contributed by atoms with Crippen molar-refractivity contribution in [2.45, 2.75) is 26.3 Å². The maximum atomic E-state index is 11.2. The van der Waals surface area contributed by atoms with E-state index in [1.165, 1.54) is 6.26 Å². The van der Waals surface area contributed by atoms with E-state index in [4.69, 9.17) is 4.74 Å². The molecule has 11 heavy (non-hydrogen) atoms. The third-order valence-electron chi connectivity index (χ3n) is 1.43. The maximum absolute atomic E-state index is 11.2. The maximum Gasteiger partial charge on any atom is 0.250 e. The molecule has 0 aliphatic carbocycles. The highest BCUT2D eigenvalue weighted by Gasteiger charge is 2.14. The van der Waals surface area contributed by atoms with Crippen LogP contribution in [-0.4, -0.2) is 18.6 Å². The van der Waals surface area contributed by atoms with Crippen molar-refractivity contribution < 1.29 is 9.53 Å². The van der Waals surface area contributed by atoms with Gasteiger partial charge in [0.25, 0.3) is 5.91 Å². The van der Waals surface area contributed by atoms with Gasteiger partial charge in [-0.25, -0.2) is 0 Å². The molecule has 1 rings (SSSR count).